The average Bonchev–Trinajstić information content (AvgIpc) is 2.65. The van der Waals surface area contributed by atoms with E-state index in [4.69, 9.17) is 0 Å². The Morgan fingerprint density at radius 3 is 2.55 bits per heavy atom. The Labute approximate surface area is 117 Å². The summed E-state index contributed by atoms with van der Waals surface area (Å²) in [5, 5.41) is 2.84. The molecule has 1 aliphatic heterocycles. The van der Waals surface area contributed by atoms with Gasteiger partial charge < -0.3 is 5.32 Å². The molecule has 1 N–H and O–H groups in total. The van der Waals surface area contributed by atoms with Crippen LogP contribution < -0.4 is 5.32 Å². The molecule has 0 bridgehead atoms. The SMILES string of the molecule is Cc1ccc(CC2(C)C(=O)Nc3ccc(F)cc32)cc1. The van der Waals surface area contributed by atoms with Gasteiger partial charge in [-0.1, -0.05) is 29.8 Å². The third-order valence-corrected chi connectivity index (χ3v) is 4.00. The zero-order valence-electron chi connectivity index (χ0n) is 11.5. The standard InChI is InChI=1S/C17H16FNO/c1-11-3-5-12(6-4-11)10-17(2)14-9-13(18)7-8-15(14)19-16(17)20/h3-9H,10H2,1-2H3,(H,19,20). The maximum atomic E-state index is 13.5. The van der Waals surface area contributed by atoms with Crippen molar-refractivity contribution in [3.63, 3.8) is 0 Å². The molecule has 3 heteroatoms. The third-order valence-electron chi connectivity index (χ3n) is 4.00. The summed E-state index contributed by atoms with van der Waals surface area (Å²) in [7, 11) is 0. The minimum absolute atomic E-state index is 0.0707. The van der Waals surface area contributed by atoms with E-state index < -0.39 is 5.41 Å². The summed E-state index contributed by atoms with van der Waals surface area (Å²) in [4.78, 5) is 12.3. The van der Waals surface area contributed by atoms with Crippen LogP contribution in [-0.2, 0) is 16.6 Å². The van der Waals surface area contributed by atoms with Crippen molar-refractivity contribution in [3.8, 4) is 0 Å². The fourth-order valence-electron chi connectivity index (χ4n) is 2.75. The number of fused-ring (bicyclic) bond motifs is 1. The minimum Gasteiger partial charge on any atom is -0.325 e. The van der Waals surface area contributed by atoms with Gasteiger partial charge in [0, 0.05) is 5.69 Å². The van der Waals surface area contributed by atoms with Gasteiger partial charge >= 0.3 is 0 Å². The molecular formula is C17H16FNO. The molecule has 0 spiro atoms. The number of amides is 1. The Kier molecular flexibility index (Phi) is 2.85. The molecule has 0 aliphatic carbocycles. The van der Waals surface area contributed by atoms with Crippen LogP contribution in [0.25, 0.3) is 0 Å². The quantitative estimate of drug-likeness (QED) is 0.887. The highest BCUT2D eigenvalue weighted by molar-refractivity contribution is 6.06. The number of nitrogens with one attached hydrogen (secondary N) is 1. The lowest BCUT2D eigenvalue weighted by Gasteiger charge is -2.22. The zero-order chi connectivity index (χ0) is 14.3. The van der Waals surface area contributed by atoms with Gasteiger partial charge in [-0.25, -0.2) is 4.39 Å². The number of hydrogen-bond donors (Lipinski definition) is 1. The number of rotatable bonds is 2. The van der Waals surface area contributed by atoms with Gasteiger partial charge in [-0.05, 0) is 49.6 Å². The summed E-state index contributed by atoms with van der Waals surface area (Å²) >= 11 is 0. The second-order valence-corrected chi connectivity index (χ2v) is 5.64. The summed E-state index contributed by atoms with van der Waals surface area (Å²) in [5.74, 6) is -0.381. The molecule has 3 rings (SSSR count). The van der Waals surface area contributed by atoms with Crippen LogP contribution in [-0.4, -0.2) is 5.91 Å². The van der Waals surface area contributed by atoms with Crippen LogP contribution in [0.3, 0.4) is 0 Å². The van der Waals surface area contributed by atoms with Gasteiger partial charge in [0.2, 0.25) is 5.91 Å². The fourth-order valence-corrected chi connectivity index (χ4v) is 2.75. The third kappa shape index (κ3) is 1.99. The van der Waals surface area contributed by atoms with E-state index in [1.54, 1.807) is 6.07 Å². The normalized spacial score (nSPS) is 20.6. The van der Waals surface area contributed by atoms with Crippen LogP contribution in [0.15, 0.2) is 42.5 Å². The number of aryl methyl sites for hydroxylation is 1. The van der Waals surface area contributed by atoms with Crippen LogP contribution in [0.4, 0.5) is 10.1 Å². The molecule has 1 atom stereocenters. The van der Waals surface area contributed by atoms with Gasteiger partial charge in [-0.15, -0.1) is 0 Å². The highest BCUT2D eigenvalue weighted by Gasteiger charge is 2.42. The number of anilines is 1. The molecule has 0 aromatic heterocycles. The first-order valence-corrected chi connectivity index (χ1v) is 6.66. The number of carbonyl (C=O) groups is 1. The van der Waals surface area contributed by atoms with Gasteiger partial charge in [-0.2, -0.15) is 0 Å². The van der Waals surface area contributed by atoms with Crippen molar-refractivity contribution in [2.45, 2.75) is 25.7 Å². The topological polar surface area (TPSA) is 29.1 Å². The molecule has 2 nitrogen and oxygen atoms in total. The molecule has 1 amide bonds. The van der Waals surface area contributed by atoms with Crippen LogP contribution in [0, 0.1) is 12.7 Å². The lowest BCUT2D eigenvalue weighted by molar-refractivity contribution is -0.120. The van der Waals surface area contributed by atoms with Crippen molar-refractivity contribution >= 4 is 11.6 Å². The first-order chi connectivity index (χ1) is 9.49. The van der Waals surface area contributed by atoms with E-state index in [1.165, 1.54) is 17.7 Å². The molecule has 1 aliphatic rings. The molecule has 1 heterocycles. The van der Waals surface area contributed by atoms with Crippen molar-refractivity contribution in [1.82, 2.24) is 0 Å². The summed E-state index contributed by atoms with van der Waals surface area (Å²) in [6.07, 6.45) is 0.565. The van der Waals surface area contributed by atoms with Crippen LogP contribution in [0.1, 0.15) is 23.6 Å². The predicted molar refractivity (Wildman–Crippen MR) is 77.3 cm³/mol. The maximum Gasteiger partial charge on any atom is 0.235 e. The minimum atomic E-state index is -0.716. The van der Waals surface area contributed by atoms with E-state index in [1.807, 2.05) is 38.1 Å². The number of hydrogen-bond acceptors (Lipinski definition) is 1. The monoisotopic (exact) mass is 269 g/mol. The molecule has 102 valence electrons. The molecule has 1 unspecified atom stereocenters. The molecule has 2 aromatic carbocycles. The van der Waals surface area contributed by atoms with Gasteiger partial charge in [-0.3, -0.25) is 4.79 Å². The lowest BCUT2D eigenvalue weighted by Crippen LogP contribution is -2.33. The van der Waals surface area contributed by atoms with Crippen molar-refractivity contribution in [1.29, 1.82) is 0 Å². The molecule has 20 heavy (non-hydrogen) atoms. The Hall–Kier alpha value is -2.16. The molecule has 0 radical (unpaired) electrons. The smallest absolute Gasteiger partial charge is 0.235 e. The Morgan fingerprint density at radius 2 is 1.85 bits per heavy atom. The van der Waals surface area contributed by atoms with Crippen molar-refractivity contribution < 1.29 is 9.18 Å². The summed E-state index contributed by atoms with van der Waals surface area (Å²) in [6, 6.07) is 12.5. The van der Waals surface area contributed by atoms with Crippen LogP contribution in [0.5, 0.6) is 0 Å². The maximum absolute atomic E-state index is 13.5. The zero-order valence-corrected chi connectivity index (χ0v) is 11.5. The second-order valence-electron chi connectivity index (χ2n) is 5.64. The van der Waals surface area contributed by atoms with E-state index in [0.29, 0.717) is 12.1 Å². The van der Waals surface area contributed by atoms with Crippen molar-refractivity contribution in [3.05, 3.63) is 65.0 Å². The fraction of sp³-hybridized carbons (Fsp3) is 0.235. The van der Waals surface area contributed by atoms with Crippen LogP contribution >= 0.6 is 0 Å². The van der Waals surface area contributed by atoms with E-state index in [2.05, 4.69) is 5.32 Å². The van der Waals surface area contributed by atoms with E-state index in [0.717, 1.165) is 11.1 Å². The van der Waals surface area contributed by atoms with E-state index in [9.17, 15) is 9.18 Å². The molecule has 0 saturated heterocycles. The van der Waals surface area contributed by atoms with Gasteiger partial charge in [0.1, 0.15) is 5.82 Å². The van der Waals surface area contributed by atoms with Gasteiger partial charge in [0.15, 0.2) is 0 Å². The van der Waals surface area contributed by atoms with Gasteiger partial charge in [0.25, 0.3) is 0 Å². The average molecular weight is 269 g/mol. The number of carbonyl (C=O) groups excluding carboxylic acids is 1. The predicted octanol–water partition coefficient (Wildman–Crippen LogP) is 3.59. The number of benzene rings is 2. The van der Waals surface area contributed by atoms with E-state index in [-0.39, 0.29) is 11.7 Å². The van der Waals surface area contributed by atoms with Crippen LogP contribution in [0.2, 0.25) is 0 Å². The summed E-state index contributed by atoms with van der Waals surface area (Å²) in [6.45, 7) is 3.89. The molecule has 0 fully saturated rings. The molecule has 0 saturated carbocycles. The summed E-state index contributed by atoms with van der Waals surface area (Å²) < 4.78 is 13.5. The largest absolute Gasteiger partial charge is 0.325 e. The first kappa shape index (κ1) is 12.9. The van der Waals surface area contributed by atoms with Crippen molar-refractivity contribution in [2.24, 2.45) is 0 Å². The number of halogens is 1. The first-order valence-electron chi connectivity index (χ1n) is 6.66. The Morgan fingerprint density at radius 1 is 1.15 bits per heavy atom. The molecular weight excluding hydrogens is 253 g/mol. The highest BCUT2D eigenvalue weighted by Crippen LogP contribution is 2.40. The van der Waals surface area contributed by atoms with E-state index >= 15 is 0 Å². The Balaban J connectivity index is 2.01. The van der Waals surface area contributed by atoms with Gasteiger partial charge in [0.05, 0.1) is 5.41 Å². The lowest BCUT2D eigenvalue weighted by atomic mass is 9.78. The second kappa shape index (κ2) is 4.44. The Bertz CT molecular complexity index is 678. The highest BCUT2D eigenvalue weighted by atomic mass is 19.1. The summed E-state index contributed by atoms with van der Waals surface area (Å²) in [5.41, 5.74) is 2.99. The molecule has 2 aromatic rings. The van der Waals surface area contributed by atoms with Crippen molar-refractivity contribution in [2.75, 3.05) is 5.32 Å².